The molecule has 1 fully saturated rings. The van der Waals surface area contributed by atoms with Gasteiger partial charge in [0.1, 0.15) is 5.75 Å². The van der Waals surface area contributed by atoms with Crippen LogP contribution in [0.1, 0.15) is 34.8 Å². The van der Waals surface area contributed by atoms with Crippen LogP contribution in [0.25, 0.3) is 0 Å². The molecule has 6 nitrogen and oxygen atoms in total. The fourth-order valence-corrected chi connectivity index (χ4v) is 3.79. The molecule has 29 heavy (non-hydrogen) atoms. The summed E-state index contributed by atoms with van der Waals surface area (Å²) in [5, 5.41) is 6.06. The van der Waals surface area contributed by atoms with Crippen molar-refractivity contribution >= 4 is 23.4 Å². The average molecular weight is 416 g/mol. The molecule has 1 saturated heterocycles. The van der Waals surface area contributed by atoms with Crippen molar-refractivity contribution in [3.05, 3.63) is 64.7 Å². The van der Waals surface area contributed by atoms with Crippen molar-refractivity contribution in [3.63, 3.8) is 0 Å². The predicted octanol–water partition coefficient (Wildman–Crippen LogP) is 3.03. The molecule has 2 aromatic carbocycles. The third-order valence-electron chi connectivity index (χ3n) is 5.07. The number of amides is 2. The second kappa shape index (κ2) is 10.3. The van der Waals surface area contributed by atoms with Crippen LogP contribution in [0, 0.1) is 0 Å². The topological polar surface area (TPSA) is 70.7 Å². The lowest BCUT2D eigenvalue weighted by Gasteiger charge is -2.29. The van der Waals surface area contributed by atoms with Crippen molar-refractivity contribution in [1.29, 1.82) is 0 Å². The van der Waals surface area contributed by atoms with E-state index < -0.39 is 0 Å². The van der Waals surface area contributed by atoms with E-state index in [4.69, 9.17) is 16.3 Å². The van der Waals surface area contributed by atoms with Gasteiger partial charge in [0.15, 0.2) is 0 Å². The summed E-state index contributed by atoms with van der Waals surface area (Å²) in [5.41, 5.74) is 1.48. The molecule has 0 aliphatic carbocycles. The Morgan fingerprint density at radius 3 is 2.59 bits per heavy atom. The second-order valence-electron chi connectivity index (χ2n) is 7.00. The van der Waals surface area contributed by atoms with Gasteiger partial charge in [-0.25, -0.2) is 0 Å². The first-order valence-corrected chi connectivity index (χ1v) is 10.1. The summed E-state index contributed by atoms with van der Waals surface area (Å²) in [7, 11) is 1.66. The van der Waals surface area contributed by atoms with Gasteiger partial charge in [0.2, 0.25) is 5.91 Å². The molecule has 0 aromatic heterocycles. The van der Waals surface area contributed by atoms with Crippen LogP contribution < -0.4 is 15.4 Å². The molecule has 0 spiro atoms. The van der Waals surface area contributed by atoms with Gasteiger partial charge in [-0.3, -0.25) is 14.5 Å². The van der Waals surface area contributed by atoms with Crippen LogP contribution in [-0.4, -0.2) is 50.0 Å². The molecule has 2 N–H and O–H groups in total. The van der Waals surface area contributed by atoms with Crippen molar-refractivity contribution in [2.75, 3.05) is 33.3 Å². The van der Waals surface area contributed by atoms with E-state index in [-0.39, 0.29) is 24.4 Å². The van der Waals surface area contributed by atoms with Crippen LogP contribution in [0.4, 0.5) is 0 Å². The van der Waals surface area contributed by atoms with Crippen LogP contribution in [0.2, 0.25) is 5.02 Å². The molecular formula is C22H26ClN3O3. The smallest absolute Gasteiger partial charge is 0.251 e. The number of para-hydroxylation sites is 1. The highest BCUT2D eigenvalue weighted by molar-refractivity contribution is 6.30. The molecule has 7 heteroatoms. The fourth-order valence-electron chi connectivity index (χ4n) is 3.60. The minimum Gasteiger partial charge on any atom is -0.496 e. The monoisotopic (exact) mass is 415 g/mol. The Bertz CT molecular complexity index is 853. The summed E-state index contributed by atoms with van der Waals surface area (Å²) in [6, 6.07) is 14.5. The highest BCUT2D eigenvalue weighted by Crippen LogP contribution is 2.31. The molecule has 154 valence electrons. The molecule has 0 radical (unpaired) electrons. The minimum atomic E-state index is -0.330. The maximum absolute atomic E-state index is 12.3. The first kappa shape index (κ1) is 21.1. The van der Waals surface area contributed by atoms with E-state index in [1.54, 1.807) is 31.4 Å². The Kier molecular flexibility index (Phi) is 7.49. The Morgan fingerprint density at radius 1 is 1.10 bits per heavy atom. The molecule has 2 amide bonds. The van der Waals surface area contributed by atoms with Crippen molar-refractivity contribution in [1.82, 2.24) is 15.5 Å². The average Bonchev–Trinajstić information content (AvgIpc) is 3.27. The summed E-state index contributed by atoms with van der Waals surface area (Å²) in [6.45, 7) is 2.34. The predicted molar refractivity (Wildman–Crippen MR) is 113 cm³/mol. The van der Waals surface area contributed by atoms with E-state index in [1.807, 2.05) is 24.3 Å². The van der Waals surface area contributed by atoms with E-state index in [2.05, 4.69) is 15.5 Å². The lowest BCUT2D eigenvalue weighted by atomic mass is 10.0. The van der Waals surface area contributed by atoms with Crippen LogP contribution in [0.3, 0.4) is 0 Å². The number of nitrogens with zero attached hydrogens (tertiary/aromatic N) is 1. The van der Waals surface area contributed by atoms with E-state index in [0.29, 0.717) is 17.1 Å². The number of hydrogen-bond donors (Lipinski definition) is 2. The van der Waals surface area contributed by atoms with Crippen LogP contribution in [-0.2, 0) is 4.79 Å². The molecular weight excluding hydrogens is 390 g/mol. The van der Waals surface area contributed by atoms with Gasteiger partial charge in [0.05, 0.1) is 19.7 Å². The Hall–Kier alpha value is -2.57. The zero-order valence-electron chi connectivity index (χ0n) is 16.5. The number of rotatable bonds is 8. The number of halogens is 1. The van der Waals surface area contributed by atoms with Crippen molar-refractivity contribution in [2.45, 2.75) is 18.9 Å². The third kappa shape index (κ3) is 5.71. The molecule has 1 unspecified atom stereocenters. The number of methoxy groups -OCH3 is 1. The van der Waals surface area contributed by atoms with Crippen molar-refractivity contribution < 1.29 is 14.3 Å². The molecule has 1 aliphatic heterocycles. The number of hydrogen-bond acceptors (Lipinski definition) is 4. The number of carbonyl (C=O) groups excluding carboxylic acids is 2. The Labute approximate surface area is 176 Å². The summed E-state index contributed by atoms with van der Waals surface area (Å²) in [4.78, 5) is 26.9. The van der Waals surface area contributed by atoms with Crippen LogP contribution in [0.15, 0.2) is 48.5 Å². The minimum absolute atomic E-state index is 0.0289. The van der Waals surface area contributed by atoms with E-state index in [9.17, 15) is 9.59 Å². The molecule has 1 aliphatic rings. The lowest BCUT2D eigenvalue weighted by Crippen LogP contribution is -2.41. The highest BCUT2D eigenvalue weighted by atomic mass is 35.5. The molecule has 0 saturated carbocycles. The molecule has 0 bridgehead atoms. The maximum Gasteiger partial charge on any atom is 0.251 e. The Morgan fingerprint density at radius 2 is 1.86 bits per heavy atom. The largest absolute Gasteiger partial charge is 0.496 e. The van der Waals surface area contributed by atoms with Gasteiger partial charge >= 0.3 is 0 Å². The number of nitrogens with one attached hydrogen (secondary N) is 2. The van der Waals surface area contributed by atoms with Gasteiger partial charge in [0, 0.05) is 22.7 Å². The number of carbonyl (C=O) groups is 2. The SMILES string of the molecule is COc1ccccc1C(CNC(=O)CNC(=O)c1cccc(Cl)c1)N1CCCC1. The third-order valence-corrected chi connectivity index (χ3v) is 5.30. The van der Waals surface area contributed by atoms with Crippen molar-refractivity contribution in [2.24, 2.45) is 0 Å². The van der Waals surface area contributed by atoms with Gasteiger partial charge in [-0.2, -0.15) is 0 Å². The standard InChI is InChI=1S/C22H26ClN3O3/c1-29-20-10-3-2-9-18(20)19(26-11-4-5-12-26)14-24-21(27)15-25-22(28)16-7-6-8-17(23)13-16/h2-3,6-10,13,19H,4-5,11-12,14-15H2,1H3,(H,24,27)(H,25,28). The molecule has 1 atom stereocenters. The summed E-state index contributed by atoms with van der Waals surface area (Å²) < 4.78 is 5.52. The number of likely N-dealkylation sites (tertiary alicyclic amines) is 1. The zero-order valence-corrected chi connectivity index (χ0v) is 17.2. The first-order chi connectivity index (χ1) is 14.1. The van der Waals surface area contributed by atoms with Gasteiger partial charge in [-0.05, 0) is 50.2 Å². The number of ether oxygens (including phenoxy) is 1. The van der Waals surface area contributed by atoms with Gasteiger partial charge in [0.25, 0.3) is 5.91 Å². The fraction of sp³-hybridized carbons (Fsp3) is 0.364. The van der Waals surface area contributed by atoms with Gasteiger partial charge in [-0.15, -0.1) is 0 Å². The van der Waals surface area contributed by atoms with Gasteiger partial charge in [-0.1, -0.05) is 35.9 Å². The van der Waals surface area contributed by atoms with E-state index in [1.165, 1.54) is 0 Å². The highest BCUT2D eigenvalue weighted by Gasteiger charge is 2.26. The molecule has 1 heterocycles. The van der Waals surface area contributed by atoms with E-state index in [0.717, 1.165) is 37.2 Å². The normalized spacial score (nSPS) is 15.0. The van der Waals surface area contributed by atoms with E-state index >= 15 is 0 Å². The van der Waals surface area contributed by atoms with Crippen LogP contribution in [0.5, 0.6) is 5.75 Å². The number of benzene rings is 2. The quantitative estimate of drug-likeness (QED) is 0.695. The molecule has 3 rings (SSSR count). The van der Waals surface area contributed by atoms with Crippen molar-refractivity contribution in [3.8, 4) is 5.75 Å². The molecule has 2 aromatic rings. The lowest BCUT2D eigenvalue weighted by molar-refractivity contribution is -0.120. The zero-order chi connectivity index (χ0) is 20.6. The summed E-state index contributed by atoms with van der Waals surface area (Å²) in [6.07, 6.45) is 2.30. The Balaban J connectivity index is 1.59. The first-order valence-electron chi connectivity index (χ1n) is 9.76. The summed E-state index contributed by atoms with van der Waals surface area (Å²) >= 11 is 5.91. The maximum atomic E-state index is 12.3. The van der Waals surface area contributed by atoms with Crippen LogP contribution >= 0.6 is 11.6 Å². The summed E-state index contributed by atoms with van der Waals surface area (Å²) in [5.74, 6) is 0.246. The second-order valence-corrected chi connectivity index (χ2v) is 7.43. The van der Waals surface area contributed by atoms with Gasteiger partial charge < -0.3 is 15.4 Å².